The summed E-state index contributed by atoms with van der Waals surface area (Å²) in [5.74, 6) is -1.09. The molecule has 0 saturated heterocycles. The summed E-state index contributed by atoms with van der Waals surface area (Å²) in [6.07, 6.45) is 0.894. The second-order valence-electron chi connectivity index (χ2n) is 4.79. The molecule has 2 rings (SSSR count). The third-order valence-electron chi connectivity index (χ3n) is 3.06. The minimum absolute atomic E-state index is 0.0272. The Morgan fingerprint density at radius 3 is 2.52 bits per heavy atom. The van der Waals surface area contributed by atoms with E-state index in [0.29, 0.717) is 17.1 Å². The molecule has 0 aliphatic heterocycles. The number of rotatable bonds is 4. The van der Waals surface area contributed by atoms with Crippen LogP contribution in [-0.2, 0) is 9.53 Å². The number of aryl methyl sites for hydroxylation is 1. The second-order valence-corrected chi connectivity index (χ2v) is 4.79. The fraction of sp³-hybridized carbons (Fsp3) is 0.0588. The number of ether oxygens (including phenoxy) is 2. The van der Waals surface area contributed by atoms with E-state index < -0.39 is 11.9 Å². The van der Waals surface area contributed by atoms with Gasteiger partial charge >= 0.3 is 11.9 Å². The molecule has 118 valence electrons. The summed E-state index contributed by atoms with van der Waals surface area (Å²) in [5.41, 5.74) is 13.3. The van der Waals surface area contributed by atoms with E-state index in [2.05, 4.69) is 11.3 Å². The minimum atomic E-state index is -0.878. The fourth-order valence-corrected chi connectivity index (χ4v) is 1.79. The van der Waals surface area contributed by atoms with Gasteiger partial charge in [0.05, 0.1) is 0 Å². The number of carbonyl (C=O) groups is 2. The maximum atomic E-state index is 12.0. The maximum absolute atomic E-state index is 12.0. The van der Waals surface area contributed by atoms with Crippen molar-refractivity contribution in [3.63, 3.8) is 0 Å². The lowest BCUT2D eigenvalue weighted by Gasteiger charge is -2.12. The number of carbonyl (C=O) groups excluding carboxylic acids is 2. The molecule has 0 saturated carbocycles. The van der Waals surface area contributed by atoms with Gasteiger partial charge in [-0.25, -0.2) is 9.59 Å². The molecule has 23 heavy (non-hydrogen) atoms. The van der Waals surface area contributed by atoms with E-state index >= 15 is 0 Å². The normalized spacial score (nSPS) is 9.96. The molecule has 2 aromatic carbocycles. The summed E-state index contributed by atoms with van der Waals surface area (Å²) < 4.78 is 10.3. The predicted octanol–water partition coefficient (Wildman–Crippen LogP) is 2.82. The number of benzene rings is 2. The van der Waals surface area contributed by atoms with Crippen molar-refractivity contribution in [2.75, 3.05) is 11.5 Å². The first-order valence-corrected chi connectivity index (χ1v) is 6.73. The lowest BCUT2D eigenvalue weighted by atomic mass is 10.1. The minimum Gasteiger partial charge on any atom is -0.456 e. The number of esters is 2. The molecule has 4 N–H and O–H groups in total. The van der Waals surface area contributed by atoms with Gasteiger partial charge in [-0.05, 0) is 36.8 Å². The molecular formula is C17H16N2O4. The highest BCUT2D eigenvalue weighted by atomic mass is 16.6. The van der Waals surface area contributed by atoms with Gasteiger partial charge in [-0.15, -0.1) is 0 Å². The second kappa shape index (κ2) is 6.65. The lowest BCUT2D eigenvalue weighted by molar-refractivity contribution is -0.132. The van der Waals surface area contributed by atoms with E-state index in [-0.39, 0.29) is 11.3 Å². The zero-order valence-electron chi connectivity index (χ0n) is 12.5. The van der Waals surface area contributed by atoms with Crippen molar-refractivity contribution in [2.45, 2.75) is 6.92 Å². The Labute approximate surface area is 133 Å². The van der Waals surface area contributed by atoms with Gasteiger partial charge in [0.2, 0.25) is 0 Å². The Kier molecular flexibility index (Phi) is 4.66. The van der Waals surface area contributed by atoms with Gasteiger partial charge in [-0.2, -0.15) is 0 Å². The summed E-state index contributed by atoms with van der Waals surface area (Å²) in [6, 6.07) is 9.59. The number of anilines is 2. The molecule has 2 aromatic rings. The van der Waals surface area contributed by atoms with Crippen molar-refractivity contribution < 1.29 is 19.1 Å². The largest absolute Gasteiger partial charge is 0.456 e. The van der Waals surface area contributed by atoms with Gasteiger partial charge in [-0.3, -0.25) is 0 Å². The molecule has 0 heterocycles. The van der Waals surface area contributed by atoms with Crippen LogP contribution in [0.4, 0.5) is 11.4 Å². The topological polar surface area (TPSA) is 105 Å². The summed E-state index contributed by atoms with van der Waals surface area (Å²) in [7, 11) is 0. The highest BCUT2D eigenvalue weighted by Crippen LogP contribution is 2.29. The highest BCUT2D eigenvalue weighted by Gasteiger charge is 2.18. The Morgan fingerprint density at radius 1 is 1.13 bits per heavy atom. The van der Waals surface area contributed by atoms with Gasteiger partial charge in [0.25, 0.3) is 0 Å². The standard InChI is InChI=1S/C17H16N2O4/c1-3-16(20)23-17(21)13-8-11(18)5-7-15(13)22-12-6-4-10(2)14(19)9-12/h3-9H,1,18-19H2,2H3. The summed E-state index contributed by atoms with van der Waals surface area (Å²) in [5, 5.41) is 0. The molecule has 0 aromatic heterocycles. The molecule has 0 radical (unpaired) electrons. The number of hydrogen-bond acceptors (Lipinski definition) is 6. The van der Waals surface area contributed by atoms with Crippen molar-refractivity contribution in [1.82, 2.24) is 0 Å². The van der Waals surface area contributed by atoms with E-state index in [4.69, 9.17) is 16.2 Å². The Bertz CT molecular complexity index is 784. The van der Waals surface area contributed by atoms with Crippen LogP contribution in [0, 0.1) is 6.92 Å². The smallest absolute Gasteiger partial charge is 0.349 e. The van der Waals surface area contributed by atoms with Crippen LogP contribution in [0.25, 0.3) is 0 Å². The first-order chi connectivity index (χ1) is 10.9. The van der Waals surface area contributed by atoms with Crippen molar-refractivity contribution in [1.29, 1.82) is 0 Å². The van der Waals surface area contributed by atoms with Gasteiger partial charge in [0.1, 0.15) is 17.1 Å². The highest BCUT2D eigenvalue weighted by molar-refractivity contribution is 6.02. The molecule has 0 spiro atoms. The van der Waals surface area contributed by atoms with E-state index in [9.17, 15) is 9.59 Å². The van der Waals surface area contributed by atoms with Crippen LogP contribution in [-0.4, -0.2) is 11.9 Å². The van der Waals surface area contributed by atoms with E-state index in [1.165, 1.54) is 12.1 Å². The fourth-order valence-electron chi connectivity index (χ4n) is 1.79. The zero-order valence-corrected chi connectivity index (χ0v) is 12.5. The van der Waals surface area contributed by atoms with Crippen LogP contribution >= 0.6 is 0 Å². The van der Waals surface area contributed by atoms with Crippen LogP contribution < -0.4 is 16.2 Å². The Balaban J connectivity index is 2.34. The number of hydrogen-bond donors (Lipinski definition) is 2. The van der Waals surface area contributed by atoms with Gasteiger partial charge < -0.3 is 20.9 Å². The molecule has 6 nitrogen and oxygen atoms in total. The molecule has 0 amide bonds. The van der Waals surface area contributed by atoms with Crippen LogP contribution in [0.15, 0.2) is 49.1 Å². The molecule has 6 heteroatoms. The Hall–Kier alpha value is -3.28. The maximum Gasteiger partial charge on any atom is 0.349 e. The number of nitrogen functional groups attached to an aromatic ring is 2. The Morgan fingerprint density at radius 2 is 1.87 bits per heavy atom. The molecule has 0 fully saturated rings. The van der Waals surface area contributed by atoms with Gasteiger partial charge in [0.15, 0.2) is 0 Å². The molecule has 0 unspecified atom stereocenters. The van der Waals surface area contributed by atoms with E-state index in [1.54, 1.807) is 24.3 Å². The molecule has 0 aliphatic rings. The third kappa shape index (κ3) is 3.88. The molecule has 0 bridgehead atoms. The monoisotopic (exact) mass is 312 g/mol. The van der Waals surface area contributed by atoms with Crippen molar-refractivity contribution >= 4 is 23.3 Å². The van der Waals surface area contributed by atoms with Crippen molar-refractivity contribution in [2.24, 2.45) is 0 Å². The summed E-state index contributed by atoms with van der Waals surface area (Å²) in [6.45, 7) is 5.10. The van der Waals surface area contributed by atoms with Crippen LogP contribution in [0.3, 0.4) is 0 Å². The summed E-state index contributed by atoms with van der Waals surface area (Å²) in [4.78, 5) is 23.2. The van der Waals surface area contributed by atoms with Gasteiger partial charge in [0, 0.05) is 23.5 Å². The predicted molar refractivity (Wildman–Crippen MR) is 87.1 cm³/mol. The average molecular weight is 312 g/mol. The molecule has 0 aliphatic carbocycles. The number of nitrogens with two attached hydrogens (primary N) is 2. The molecule has 0 atom stereocenters. The third-order valence-corrected chi connectivity index (χ3v) is 3.06. The van der Waals surface area contributed by atoms with E-state index in [1.807, 2.05) is 6.92 Å². The van der Waals surface area contributed by atoms with Crippen LogP contribution in [0.2, 0.25) is 0 Å². The van der Waals surface area contributed by atoms with Crippen LogP contribution in [0.1, 0.15) is 15.9 Å². The first-order valence-electron chi connectivity index (χ1n) is 6.73. The van der Waals surface area contributed by atoms with Crippen molar-refractivity contribution in [3.05, 3.63) is 60.2 Å². The zero-order chi connectivity index (χ0) is 17.0. The molecular weight excluding hydrogens is 296 g/mol. The summed E-state index contributed by atoms with van der Waals surface area (Å²) >= 11 is 0. The SMILES string of the molecule is C=CC(=O)OC(=O)c1cc(N)ccc1Oc1ccc(C)c(N)c1. The van der Waals surface area contributed by atoms with Crippen LogP contribution in [0.5, 0.6) is 11.5 Å². The van der Waals surface area contributed by atoms with Gasteiger partial charge in [-0.1, -0.05) is 12.6 Å². The average Bonchev–Trinajstić information content (AvgIpc) is 2.52. The lowest BCUT2D eigenvalue weighted by Crippen LogP contribution is -2.11. The van der Waals surface area contributed by atoms with E-state index in [0.717, 1.165) is 11.6 Å². The first kappa shape index (κ1) is 16.1. The quantitative estimate of drug-likeness (QED) is 0.389. The van der Waals surface area contributed by atoms with Crippen molar-refractivity contribution in [3.8, 4) is 11.5 Å².